The Kier molecular flexibility index (Phi) is 4.36. The topological polar surface area (TPSA) is 66.6 Å². The molecule has 4 nitrogen and oxygen atoms in total. The van der Waals surface area contributed by atoms with Gasteiger partial charge in [0.25, 0.3) is 0 Å². The van der Waals surface area contributed by atoms with Crippen LogP contribution in [0.5, 0.6) is 0 Å². The zero-order valence-corrected chi connectivity index (χ0v) is 8.87. The maximum absolute atomic E-state index is 11.4. The lowest BCUT2D eigenvalue weighted by molar-refractivity contribution is -0.134. The highest BCUT2D eigenvalue weighted by atomic mass is 16.3. The van der Waals surface area contributed by atoms with E-state index in [1.807, 2.05) is 6.92 Å². The van der Waals surface area contributed by atoms with E-state index in [2.05, 4.69) is 0 Å². The van der Waals surface area contributed by atoms with Crippen molar-refractivity contribution < 1.29 is 9.90 Å². The van der Waals surface area contributed by atoms with Crippen molar-refractivity contribution in [2.24, 2.45) is 5.73 Å². The van der Waals surface area contributed by atoms with Gasteiger partial charge in [-0.2, -0.15) is 0 Å². The number of hydrogen-bond donors (Lipinski definition) is 2. The molecule has 13 heavy (non-hydrogen) atoms. The molecule has 0 radical (unpaired) electrons. The molecule has 0 bridgehead atoms. The molecule has 78 valence electrons. The van der Waals surface area contributed by atoms with Gasteiger partial charge in [0.1, 0.15) is 0 Å². The zero-order chi connectivity index (χ0) is 10.6. The van der Waals surface area contributed by atoms with Crippen molar-refractivity contribution in [1.82, 2.24) is 4.90 Å². The molecule has 0 fully saturated rings. The molecule has 3 N–H and O–H groups in total. The fourth-order valence-electron chi connectivity index (χ4n) is 1.12. The summed E-state index contributed by atoms with van der Waals surface area (Å²) in [4.78, 5) is 12.9. The van der Waals surface area contributed by atoms with E-state index in [9.17, 15) is 9.90 Å². The van der Waals surface area contributed by atoms with E-state index in [0.717, 1.165) is 0 Å². The van der Waals surface area contributed by atoms with Crippen LogP contribution in [0.3, 0.4) is 0 Å². The standard InChI is InChI=1S/C9H20N2O2/c1-5-7(10)8(12)11(4)6-9(2,3)13/h7,13H,5-6,10H2,1-4H3. The van der Waals surface area contributed by atoms with Crippen LogP contribution in [-0.4, -0.2) is 41.1 Å². The van der Waals surface area contributed by atoms with E-state index >= 15 is 0 Å². The number of likely N-dealkylation sites (N-methyl/N-ethyl adjacent to an activating group) is 1. The van der Waals surface area contributed by atoms with Gasteiger partial charge in [0.15, 0.2) is 0 Å². The molecular weight excluding hydrogens is 168 g/mol. The second-order valence-corrected chi connectivity index (χ2v) is 4.02. The van der Waals surface area contributed by atoms with E-state index in [-0.39, 0.29) is 5.91 Å². The molecule has 0 saturated heterocycles. The number of carbonyl (C=O) groups is 1. The summed E-state index contributed by atoms with van der Waals surface area (Å²) in [5.74, 6) is -0.121. The average molecular weight is 188 g/mol. The molecule has 1 unspecified atom stereocenters. The van der Waals surface area contributed by atoms with Gasteiger partial charge in [-0.25, -0.2) is 0 Å². The molecule has 0 aromatic rings. The van der Waals surface area contributed by atoms with Crippen LogP contribution >= 0.6 is 0 Å². The summed E-state index contributed by atoms with van der Waals surface area (Å²) in [5, 5.41) is 9.46. The van der Waals surface area contributed by atoms with Crippen molar-refractivity contribution in [3.05, 3.63) is 0 Å². The Labute approximate surface area is 79.7 Å². The SMILES string of the molecule is CCC(N)C(=O)N(C)CC(C)(C)O. The molecule has 0 heterocycles. The summed E-state index contributed by atoms with van der Waals surface area (Å²) in [6.45, 7) is 5.49. The fourth-order valence-corrected chi connectivity index (χ4v) is 1.12. The first-order chi connectivity index (χ1) is 5.78. The Morgan fingerprint density at radius 2 is 2.08 bits per heavy atom. The Morgan fingerprint density at radius 1 is 1.62 bits per heavy atom. The zero-order valence-electron chi connectivity index (χ0n) is 8.87. The smallest absolute Gasteiger partial charge is 0.239 e. The van der Waals surface area contributed by atoms with E-state index < -0.39 is 11.6 Å². The first-order valence-electron chi connectivity index (χ1n) is 4.51. The van der Waals surface area contributed by atoms with Crippen molar-refractivity contribution in [3.63, 3.8) is 0 Å². The largest absolute Gasteiger partial charge is 0.389 e. The van der Waals surface area contributed by atoms with Gasteiger partial charge >= 0.3 is 0 Å². The summed E-state index contributed by atoms with van der Waals surface area (Å²) in [6, 6.07) is -0.452. The van der Waals surface area contributed by atoms with Crippen molar-refractivity contribution in [2.45, 2.75) is 38.8 Å². The Hall–Kier alpha value is -0.610. The summed E-state index contributed by atoms with van der Waals surface area (Å²) in [7, 11) is 1.65. The summed E-state index contributed by atoms with van der Waals surface area (Å²) >= 11 is 0. The highest BCUT2D eigenvalue weighted by molar-refractivity contribution is 5.81. The van der Waals surface area contributed by atoms with Gasteiger partial charge in [0.2, 0.25) is 5.91 Å². The number of rotatable bonds is 4. The molecule has 1 amide bonds. The van der Waals surface area contributed by atoms with Crippen LogP contribution in [-0.2, 0) is 4.79 Å². The lowest BCUT2D eigenvalue weighted by atomic mass is 10.1. The van der Waals surface area contributed by atoms with E-state index in [1.54, 1.807) is 20.9 Å². The highest BCUT2D eigenvalue weighted by Gasteiger charge is 2.22. The van der Waals surface area contributed by atoms with Crippen molar-refractivity contribution in [2.75, 3.05) is 13.6 Å². The van der Waals surface area contributed by atoms with Gasteiger partial charge in [-0.15, -0.1) is 0 Å². The van der Waals surface area contributed by atoms with Crippen LogP contribution in [0.1, 0.15) is 27.2 Å². The fraction of sp³-hybridized carbons (Fsp3) is 0.889. The third-order valence-electron chi connectivity index (χ3n) is 1.76. The molecule has 0 spiro atoms. The Balaban J connectivity index is 4.12. The van der Waals surface area contributed by atoms with Crippen LogP contribution < -0.4 is 5.73 Å². The maximum Gasteiger partial charge on any atom is 0.239 e. The quantitative estimate of drug-likeness (QED) is 0.650. The predicted octanol–water partition coefficient (Wildman–Crippen LogP) is -0.0470. The Bertz CT molecular complexity index is 175. The second-order valence-electron chi connectivity index (χ2n) is 4.02. The lowest BCUT2D eigenvalue weighted by Gasteiger charge is -2.27. The van der Waals surface area contributed by atoms with Crippen LogP contribution in [0.15, 0.2) is 0 Å². The minimum Gasteiger partial charge on any atom is -0.389 e. The third-order valence-corrected chi connectivity index (χ3v) is 1.76. The third kappa shape index (κ3) is 4.85. The van der Waals surface area contributed by atoms with Gasteiger partial charge in [-0.05, 0) is 20.3 Å². The van der Waals surface area contributed by atoms with Crippen LogP contribution in [0.4, 0.5) is 0 Å². The van der Waals surface area contributed by atoms with Gasteiger partial charge in [0.05, 0.1) is 11.6 Å². The normalized spacial score (nSPS) is 14.0. The van der Waals surface area contributed by atoms with E-state index in [4.69, 9.17) is 5.73 Å². The Morgan fingerprint density at radius 3 is 2.38 bits per heavy atom. The monoisotopic (exact) mass is 188 g/mol. The maximum atomic E-state index is 11.4. The highest BCUT2D eigenvalue weighted by Crippen LogP contribution is 2.04. The number of amides is 1. The lowest BCUT2D eigenvalue weighted by Crippen LogP contribution is -2.46. The van der Waals surface area contributed by atoms with Crippen LogP contribution in [0.25, 0.3) is 0 Å². The summed E-state index contributed by atoms with van der Waals surface area (Å²) in [5.41, 5.74) is 4.70. The first kappa shape index (κ1) is 12.4. The molecular formula is C9H20N2O2. The summed E-state index contributed by atoms with van der Waals surface area (Å²) < 4.78 is 0. The van der Waals surface area contributed by atoms with Crippen LogP contribution in [0.2, 0.25) is 0 Å². The van der Waals surface area contributed by atoms with E-state index in [0.29, 0.717) is 13.0 Å². The second kappa shape index (κ2) is 4.58. The predicted molar refractivity (Wildman–Crippen MR) is 52.2 cm³/mol. The average Bonchev–Trinajstić information content (AvgIpc) is 1.98. The molecule has 4 heteroatoms. The van der Waals surface area contributed by atoms with Gasteiger partial charge in [-0.1, -0.05) is 6.92 Å². The molecule has 0 aromatic carbocycles. The van der Waals surface area contributed by atoms with Gasteiger partial charge in [-0.3, -0.25) is 4.79 Å². The van der Waals surface area contributed by atoms with Crippen LogP contribution in [0, 0.1) is 0 Å². The van der Waals surface area contributed by atoms with Gasteiger partial charge < -0.3 is 15.7 Å². The summed E-state index contributed by atoms with van der Waals surface area (Å²) in [6.07, 6.45) is 0.620. The number of carbonyl (C=O) groups excluding carboxylic acids is 1. The first-order valence-corrected chi connectivity index (χ1v) is 4.51. The van der Waals surface area contributed by atoms with Gasteiger partial charge in [0, 0.05) is 13.6 Å². The molecule has 0 aliphatic rings. The molecule has 0 aliphatic heterocycles. The molecule has 0 aromatic heterocycles. The molecule has 0 saturated carbocycles. The molecule has 1 atom stereocenters. The molecule has 0 rings (SSSR count). The van der Waals surface area contributed by atoms with Crippen molar-refractivity contribution in [1.29, 1.82) is 0 Å². The van der Waals surface area contributed by atoms with Crippen molar-refractivity contribution in [3.8, 4) is 0 Å². The van der Waals surface area contributed by atoms with Crippen molar-refractivity contribution >= 4 is 5.91 Å². The number of nitrogens with zero attached hydrogens (tertiary/aromatic N) is 1. The number of nitrogens with two attached hydrogens (primary N) is 1. The number of hydrogen-bond acceptors (Lipinski definition) is 3. The minimum absolute atomic E-state index is 0.121. The molecule has 0 aliphatic carbocycles. The van der Waals surface area contributed by atoms with E-state index in [1.165, 1.54) is 4.90 Å². The number of aliphatic hydroxyl groups is 1. The minimum atomic E-state index is -0.863.